The van der Waals surface area contributed by atoms with E-state index in [-0.39, 0.29) is 31.2 Å². The average molecular weight is 808 g/mol. The minimum absolute atomic E-state index is 0. The molecule has 5 heteroatoms. The van der Waals surface area contributed by atoms with Gasteiger partial charge in [0.15, 0.2) is 0 Å². The van der Waals surface area contributed by atoms with Gasteiger partial charge in [0.25, 0.3) is 0 Å². The second-order valence-corrected chi connectivity index (χ2v) is 11.6. The van der Waals surface area contributed by atoms with Crippen molar-refractivity contribution in [1.29, 1.82) is 0 Å². The van der Waals surface area contributed by atoms with E-state index >= 15 is 0 Å². The summed E-state index contributed by atoms with van der Waals surface area (Å²) in [5.41, 5.74) is 9.98. The van der Waals surface area contributed by atoms with Crippen molar-refractivity contribution in [2.45, 2.75) is 33.5 Å². The summed E-state index contributed by atoms with van der Waals surface area (Å²) in [6.45, 7) is 0.0658. The van der Waals surface area contributed by atoms with Gasteiger partial charge in [-0.25, -0.2) is 0 Å². The second-order valence-electron chi connectivity index (χ2n) is 11.6. The molecule has 3 aromatic heterocycles. The standard InChI is InChI=1S/C30H23N2O.C13H12N.Ir/c1-20(2)23-14-17-29-25(18-23)26(19-33-29)30-31-27-10-6-7-11-28(27)32(30)24-15-12-22(13-16-24)21-8-4-3-5-9-21;1-10-3-6-12(7-4-10)13-8-5-11(2)9-14-13;/h3-18,20H,1-2H3;3-6,8-9H,1-2H3;/q2*-1;/i;1D3,2D3;. The first-order valence-electron chi connectivity index (χ1n) is 18.4. The van der Waals surface area contributed by atoms with Gasteiger partial charge in [0.05, 0.1) is 16.9 Å². The van der Waals surface area contributed by atoms with Crippen LogP contribution in [-0.2, 0) is 20.1 Å². The maximum absolute atomic E-state index is 7.28. The Morgan fingerprint density at radius 2 is 1.52 bits per heavy atom. The largest absolute Gasteiger partial charge is 0.557 e. The van der Waals surface area contributed by atoms with Crippen LogP contribution >= 0.6 is 0 Å². The summed E-state index contributed by atoms with van der Waals surface area (Å²) in [6, 6.07) is 44.1. The van der Waals surface area contributed by atoms with Crippen molar-refractivity contribution in [3.8, 4) is 39.5 Å². The number of para-hydroxylation sites is 2. The number of benzene rings is 5. The van der Waals surface area contributed by atoms with Crippen molar-refractivity contribution >= 4 is 22.0 Å². The smallest absolute Gasteiger partial charge is 0.0774 e. The molecule has 0 aliphatic heterocycles. The van der Waals surface area contributed by atoms with Gasteiger partial charge in [0.1, 0.15) is 0 Å². The van der Waals surface area contributed by atoms with Gasteiger partial charge in [-0.05, 0) is 59.4 Å². The maximum atomic E-state index is 7.28. The Bertz CT molecular complexity index is 2430. The molecule has 4 nitrogen and oxygen atoms in total. The fourth-order valence-corrected chi connectivity index (χ4v) is 5.54. The van der Waals surface area contributed by atoms with Crippen LogP contribution in [0.4, 0.5) is 0 Å². The summed E-state index contributed by atoms with van der Waals surface area (Å²) >= 11 is 0. The van der Waals surface area contributed by atoms with Crippen molar-refractivity contribution in [2.24, 2.45) is 0 Å². The normalized spacial score (nSPS) is 13.3. The third-order valence-corrected chi connectivity index (χ3v) is 8.07. The molecule has 0 saturated carbocycles. The van der Waals surface area contributed by atoms with Gasteiger partial charge < -0.3 is 14.0 Å². The van der Waals surface area contributed by atoms with Crippen LogP contribution in [0.25, 0.3) is 61.5 Å². The minimum atomic E-state index is -2.18. The number of hydrogen-bond donors (Lipinski definition) is 0. The van der Waals surface area contributed by atoms with Gasteiger partial charge in [-0.2, -0.15) is 0 Å². The van der Waals surface area contributed by atoms with E-state index in [1.54, 1.807) is 12.1 Å². The Kier molecular flexibility index (Phi) is 7.75. The minimum Gasteiger partial charge on any atom is -0.557 e. The molecule has 0 spiro atoms. The topological polar surface area (TPSA) is 43.9 Å². The molecule has 0 unspecified atom stereocenters. The number of fused-ring (bicyclic) bond motifs is 2. The maximum Gasteiger partial charge on any atom is 0.0774 e. The van der Waals surface area contributed by atoms with E-state index in [0.717, 1.165) is 39.1 Å². The monoisotopic (exact) mass is 808 g/mol. The Balaban J connectivity index is 0.000000205. The summed E-state index contributed by atoms with van der Waals surface area (Å²) in [4.78, 5) is 9.08. The molecule has 0 aliphatic carbocycles. The first-order chi connectivity index (χ1) is 25.4. The number of aryl methyl sites for hydroxylation is 2. The number of imidazole rings is 1. The molecule has 0 N–H and O–H groups in total. The van der Waals surface area contributed by atoms with Crippen molar-refractivity contribution < 1.29 is 32.7 Å². The molecule has 0 atom stereocenters. The number of nitrogens with zero attached hydrogens (tertiary/aromatic N) is 3. The van der Waals surface area contributed by atoms with E-state index in [9.17, 15) is 0 Å². The summed E-state index contributed by atoms with van der Waals surface area (Å²) in [5.74, 6) is 1.27. The van der Waals surface area contributed by atoms with E-state index in [1.165, 1.54) is 41.1 Å². The van der Waals surface area contributed by atoms with Gasteiger partial charge >= 0.3 is 0 Å². The van der Waals surface area contributed by atoms with Crippen LogP contribution < -0.4 is 0 Å². The van der Waals surface area contributed by atoms with Crippen LogP contribution in [0.15, 0.2) is 138 Å². The third kappa shape index (κ3) is 6.80. The van der Waals surface area contributed by atoms with Crippen molar-refractivity contribution in [1.82, 2.24) is 14.5 Å². The molecule has 8 rings (SSSR count). The quantitative estimate of drug-likeness (QED) is 0.163. The summed E-state index contributed by atoms with van der Waals surface area (Å²) in [6.07, 6.45) is 4.45. The molecule has 0 fully saturated rings. The summed E-state index contributed by atoms with van der Waals surface area (Å²) in [7, 11) is 0. The molecular weight excluding hydrogens is 767 g/mol. The van der Waals surface area contributed by atoms with Crippen molar-refractivity contribution in [3.63, 3.8) is 0 Å². The first kappa shape index (κ1) is 25.9. The predicted molar refractivity (Wildman–Crippen MR) is 193 cm³/mol. The Morgan fingerprint density at radius 1 is 0.771 bits per heavy atom. The molecule has 0 saturated heterocycles. The Hall–Kier alpha value is -5.09. The van der Waals surface area contributed by atoms with Gasteiger partial charge in [0.2, 0.25) is 0 Å². The first-order valence-corrected chi connectivity index (χ1v) is 15.4. The molecule has 8 aromatic rings. The molecule has 0 aliphatic rings. The van der Waals surface area contributed by atoms with E-state index in [4.69, 9.17) is 17.6 Å². The van der Waals surface area contributed by atoms with Gasteiger partial charge in [0, 0.05) is 52.1 Å². The zero-order valence-corrected chi connectivity index (χ0v) is 28.8. The fraction of sp³-hybridized carbons (Fsp3) is 0.116. The number of aromatic nitrogens is 3. The average Bonchev–Trinajstić information content (AvgIpc) is 3.76. The Morgan fingerprint density at radius 3 is 2.23 bits per heavy atom. The predicted octanol–water partition coefficient (Wildman–Crippen LogP) is 11.2. The molecule has 5 aromatic carbocycles. The van der Waals surface area contributed by atoms with Crippen LogP contribution in [0.3, 0.4) is 0 Å². The number of pyridine rings is 1. The van der Waals surface area contributed by atoms with Crippen LogP contribution in [0, 0.1) is 26.0 Å². The van der Waals surface area contributed by atoms with E-state index < -0.39 is 13.7 Å². The Labute approximate surface area is 303 Å². The molecule has 1 radical (unpaired) electrons. The molecule has 0 bridgehead atoms. The number of furan rings is 1. The molecular formula is C43H35IrN3O-2. The van der Waals surface area contributed by atoms with Gasteiger partial charge in [-0.1, -0.05) is 122 Å². The van der Waals surface area contributed by atoms with Gasteiger partial charge in [-0.3, -0.25) is 4.98 Å². The molecule has 3 heterocycles. The zero-order chi connectivity index (χ0) is 37.3. The van der Waals surface area contributed by atoms with E-state index in [2.05, 4.69) is 115 Å². The van der Waals surface area contributed by atoms with E-state index in [1.807, 2.05) is 18.2 Å². The molecule has 0 amide bonds. The number of rotatable bonds is 5. The van der Waals surface area contributed by atoms with Crippen molar-refractivity contribution in [3.05, 3.63) is 163 Å². The van der Waals surface area contributed by atoms with Crippen LogP contribution in [0.2, 0.25) is 0 Å². The second kappa shape index (κ2) is 14.4. The van der Waals surface area contributed by atoms with Crippen LogP contribution in [0.5, 0.6) is 0 Å². The van der Waals surface area contributed by atoms with Gasteiger partial charge in [-0.15, -0.1) is 35.4 Å². The van der Waals surface area contributed by atoms with Crippen molar-refractivity contribution in [2.75, 3.05) is 0 Å². The number of hydrogen-bond acceptors (Lipinski definition) is 3. The van der Waals surface area contributed by atoms with Crippen LogP contribution in [0.1, 0.15) is 44.7 Å². The molecule has 48 heavy (non-hydrogen) atoms. The SMILES string of the molecule is CC(C)c1ccc2o[c-]c(-c3nc4ccccc4n3-c3ccc(-c4ccccc4)cc3)c2c1.[2H]C([2H])([2H])c1c[c-]c(-c2ccc(C([2H])([2H])[2H])cn2)cc1.[Ir]. The molecule has 239 valence electrons. The fourth-order valence-electron chi connectivity index (χ4n) is 5.54. The zero-order valence-electron chi connectivity index (χ0n) is 32.4. The van der Waals surface area contributed by atoms with Crippen LogP contribution in [-0.4, -0.2) is 14.5 Å². The summed E-state index contributed by atoms with van der Waals surface area (Å²) in [5, 5.41) is 1.04. The van der Waals surface area contributed by atoms with E-state index in [0.29, 0.717) is 17.2 Å². The third-order valence-electron chi connectivity index (χ3n) is 8.07. The summed E-state index contributed by atoms with van der Waals surface area (Å²) < 4.78 is 51.7.